The summed E-state index contributed by atoms with van der Waals surface area (Å²) in [6, 6.07) is 22.8. The standard InChI is InChI=1S/C24H22N4O4/c25-22(26)16-9-11-19(12-10-16)28-14-21(32-24(28)30)15-31-20-8-4-5-17(13-20)23(29)27-18-6-2-1-3-7-18/h1-13,21H,14-15H2,(H3,25,26)(H,27,29). The van der Waals surface area contributed by atoms with E-state index < -0.39 is 12.2 Å². The lowest BCUT2D eigenvalue weighted by Gasteiger charge is -2.14. The van der Waals surface area contributed by atoms with Crippen LogP contribution in [-0.2, 0) is 4.74 Å². The Labute approximate surface area is 185 Å². The number of nitrogen functional groups attached to an aromatic ring is 1. The van der Waals surface area contributed by atoms with E-state index in [1.165, 1.54) is 4.90 Å². The number of rotatable bonds is 7. The van der Waals surface area contributed by atoms with Gasteiger partial charge in [-0.15, -0.1) is 0 Å². The van der Waals surface area contributed by atoms with Gasteiger partial charge in [-0.2, -0.15) is 0 Å². The third kappa shape index (κ3) is 4.86. The Morgan fingerprint density at radius 2 is 1.81 bits per heavy atom. The summed E-state index contributed by atoms with van der Waals surface area (Å²) in [7, 11) is 0. The fraction of sp³-hybridized carbons (Fsp3) is 0.125. The van der Waals surface area contributed by atoms with Gasteiger partial charge in [0, 0.05) is 22.5 Å². The van der Waals surface area contributed by atoms with Crippen LogP contribution in [0.15, 0.2) is 78.9 Å². The van der Waals surface area contributed by atoms with Crippen molar-refractivity contribution >= 4 is 29.2 Å². The highest BCUT2D eigenvalue weighted by Gasteiger charge is 2.32. The number of cyclic esters (lactones) is 1. The maximum absolute atomic E-state index is 12.5. The lowest BCUT2D eigenvalue weighted by molar-refractivity contribution is 0.102. The van der Waals surface area contributed by atoms with Crippen molar-refractivity contribution in [2.75, 3.05) is 23.4 Å². The van der Waals surface area contributed by atoms with Crippen molar-refractivity contribution in [3.05, 3.63) is 90.0 Å². The molecule has 1 saturated heterocycles. The maximum atomic E-state index is 12.5. The number of carbonyl (C=O) groups excluding carboxylic acids is 2. The van der Waals surface area contributed by atoms with E-state index in [0.717, 1.165) is 0 Å². The monoisotopic (exact) mass is 430 g/mol. The Hall–Kier alpha value is -4.33. The average molecular weight is 430 g/mol. The second kappa shape index (κ2) is 9.22. The highest BCUT2D eigenvalue weighted by molar-refractivity contribution is 6.04. The van der Waals surface area contributed by atoms with Crippen molar-refractivity contribution < 1.29 is 19.1 Å². The topological polar surface area (TPSA) is 118 Å². The van der Waals surface area contributed by atoms with Crippen LogP contribution in [0.1, 0.15) is 15.9 Å². The first-order chi connectivity index (χ1) is 15.5. The smallest absolute Gasteiger partial charge is 0.414 e. The first-order valence-corrected chi connectivity index (χ1v) is 10.0. The molecule has 0 bridgehead atoms. The lowest BCUT2D eigenvalue weighted by Crippen LogP contribution is -2.26. The van der Waals surface area contributed by atoms with Gasteiger partial charge in [0.15, 0.2) is 6.10 Å². The minimum Gasteiger partial charge on any atom is -0.490 e. The number of hydrogen-bond donors (Lipinski definition) is 3. The Balaban J connectivity index is 1.35. The zero-order valence-electron chi connectivity index (χ0n) is 17.2. The molecular weight excluding hydrogens is 408 g/mol. The van der Waals surface area contributed by atoms with Crippen molar-refractivity contribution in [2.45, 2.75) is 6.10 Å². The molecule has 4 rings (SSSR count). The van der Waals surface area contributed by atoms with E-state index in [4.69, 9.17) is 20.6 Å². The number of benzene rings is 3. The van der Waals surface area contributed by atoms with Crippen molar-refractivity contribution in [1.29, 1.82) is 5.41 Å². The molecule has 4 N–H and O–H groups in total. The van der Waals surface area contributed by atoms with Crippen molar-refractivity contribution in [3.8, 4) is 5.75 Å². The molecule has 0 spiro atoms. The molecule has 0 radical (unpaired) electrons. The molecule has 8 heteroatoms. The van der Waals surface area contributed by atoms with Crippen molar-refractivity contribution in [1.82, 2.24) is 0 Å². The molecule has 1 atom stereocenters. The Morgan fingerprint density at radius 3 is 2.53 bits per heavy atom. The number of nitrogens with two attached hydrogens (primary N) is 1. The van der Waals surface area contributed by atoms with Crippen LogP contribution in [0, 0.1) is 5.41 Å². The third-order valence-electron chi connectivity index (χ3n) is 4.93. The van der Waals surface area contributed by atoms with Crippen LogP contribution in [0.2, 0.25) is 0 Å². The highest BCUT2D eigenvalue weighted by Crippen LogP contribution is 2.23. The summed E-state index contributed by atoms with van der Waals surface area (Å²) in [5.74, 6) is 0.228. The SMILES string of the molecule is N=C(N)c1ccc(N2CC(COc3cccc(C(=O)Nc4ccccc4)c3)OC2=O)cc1. The second-order valence-electron chi connectivity index (χ2n) is 7.24. The summed E-state index contributed by atoms with van der Waals surface area (Å²) in [5.41, 5.74) is 7.87. The number of carbonyl (C=O) groups is 2. The zero-order valence-corrected chi connectivity index (χ0v) is 17.2. The molecule has 0 aliphatic carbocycles. The molecule has 1 unspecified atom stereocenters. The minimum absolute atomic E-state index is 0.0356. The largest absolute Gasteiger partial charge is 0.490 e. The predicted molar refractivity (Wildman–Crippen MR) is 121 cm³/mol. The van der Waals surface area contributed by atoms with E-state index in [1.807, 2.05) is 30.3 Å². The number of amidine groups is 1. The first-order valence-electron chi connectivity index (χ1n) is 10.0. The van der Waals surface area contributed by atoms with Crippen LogP contribution < -0.4 is 20.7 Å². The fourth-order valence-electron chi connectivity index (χ4n) is 3.28. The molecule has 2 amide bonds. The van der Waals surface area contributed by atoms with E-state index in [0.29, 0.717) is 34.8 Å². The Bertz CT molecular complexity index is 1130. The highest BCUT2D eigenvalue weighted by atomic mass is 16.6. The molecule has 1 fully saturated rings. The summed E-state index contributed by atoms with van der Waals surface area (Å²) in [5, 5.41) is 10.3. The summed E-state index contributed by atoms with van der Waals surface area (Å²) in [6.45, 7) is 0.476. The first kappa shape index (κ1) is 20.9. The fourth-order valence-corrected chi connectivity index (χ4v) is 3.28. The van der Waals surface area contributed by atoms with E-state index in [-0.39, 0.29) is 18.3 Å². The summed E-state index contributed by atoms with van der Waals surface area (Å²) in [6.07, 6.45) is -0.929. The number of amides is 2. The Kier molecular flexibility index (Phi) is 6.03. The van der Waals surface area contributed by atoms with Crippen molar-refractivity contribution in [2.24, 2.45) is 5.73 Å². The van der Waals surface area contributed by atoms with Gasteiger partial charge in [-0.1, -0.05) is 24.3 Å². The summed E-state index contributed by atoms with van der Waals surface area (Å²) < 4.78 is 11.2. The third-order valence-corrected chi connectivity index (χ3v) is 4.93. The number of nitrogens with one attached hydrogen (secondary N) is 2. The van der Waals surface area contributed by atoms with Crippen LogP contribution in [0.4, 0.5) is 16.2 Å². The van der Waals surface area contributed by atoms with Gasteiger partial charge in [0.1, 0.15) is 18.2 Å². The quantitative estimate of drug-likeness (QED) is 0.391. The summed E-state index contributed by atoms with van der Waals surface area (Å²) >= 11 is 0. The number of ether oxygens (including phenoxy) is 2. The molecule has 0 aromatic heterocycles. The van der Waals surface area contributed by atoms with Gasteiger partial charge in [-0.3, -0.25) is 15.1 Å². The minimum atomic E-state index is -0.467. The van der Waals surface area contributed by atoms with Crippen LogP contribution >= 0.6 is 0 Å². The van der Waals surface area contributed by atoms with Crippen LogP contribution in [0.5, 0.6) is 5.75 Å². The number of nitrogens with zero attached hydrogens (tertiary/aromatic N) is 1. The normalized spacial score (nSPS) is 15.2. The molecule has 162 valence electrons. The van der Waals surface area contributed by atoms with Gasteiger partial charge >= 0.3 is 6.09 Å². The maximum Gasteiger partial charge on any atom is 0.414 e. The Morgan fingerprint density at radius 1 is 1.06 bits per heavy atom. The summed E-state index contributed by atoms with van der Waals surface area (Å²) in [4.78, 5) is 26.2. The number of para-hydroxylation sites is 1. The van der Waals surface area contributed by atoms with Gasteiger partial charge in [-0.05, 0) is 54.6 Å². The van der Waals surface area contributed by atoms with Gasteiger partial charge in [0.05, 0.1) is 6.54 Å². The number of anilines is 2. The van der Waals surface area contributed by atoms with Crippen LogP contribution in [0.25, 0.3) is 0 Å². The van der Waals surface area contributed by atoms with Gasteiger partial charge in [0.2, 0.25) is 0 Å². The van der Waals surface area contributed by atoms with Gasteiger partial charge < -0.3 is 20.5 Å². The molecule has 3 aromatic carbocycles. The molecule has 1 aliphatic heterocycles. The second-order valence-corrected chi connectivity index (χ2v) is 7.24. The van der Waals surface area contributed by atoms with Gasteiger partial charge in [0.25, 0.3) is 5.91 Å². The van der Waals surface area contributed by atoms with E-state index in [9.17, 15) is 9.59 Å². The zero-order chi connectivity index (χ0) is 22.5. The predicted octanol–water partition coefficient (Wildman–Crippen LogP) is 3.63. The van der Waals surface area contributed by atoms with E-state index in [2.05, 4.69) is 5.32 Å². The molecule has 1 heterocycles. The number of hydrogen-bond acceptors (Lipinski definition) is 5. The van der Waals surface area contributed by atoms with E-state index in [1.54, 1.807) is 48.5 Å². The molecule has 3 aromatic rings. The molecule has 0 saturated carbocycles. The molecule has 32 heavy (non-hydrogen) atoms. The molecule has 1 aliphatic rings. The molecular formula is C24H22N4O4. The van der Waals surface area contributed by atoms with Crippen molar-refractivity contribution in [3.63, 3.8) is 0 Å². The van der Waals surface area contributed by atoms with Crippen LogP contribution in [-0.4, -0.2) is 37.1 Å². The van der Waals surface area contributed by atoms with E-state index >= 15 is 0 Å². The average Bonchev–Trinajstić information content (AvgIpc) is 3.19. The van der Waals surface area contributed by atoms with Crippen LogP contribution in [0.3, 0.4) is 0 Å². The lowest BCUT2D eigenvalue weighted by atomic mass is 10.2. The van der Waals surface area contributed by atoms with Gasteiger partial charge in [-0.25, -0.2) is 4.79 Å². The molecule has 8 nitrogen and oxygen atoms in total.